The normalized spacial score (nSPS) is 21.6. The fraction of sp³-hybridized carbons (Fsp3) is 0.400. The van der Waals surface area contributed by atoms with Gasteiger partial charge in [0, 0.05) is 23.7 Å². The molecule has 19 heavy (non-hydrogen) atoms. The SMILES string of the molecule is NS(=O)(=O)N1CCO[C@@H](c2cc(F)c(Cl)cc2Cl)C1. The lowest BCUT2D eigenvalue weighted by Gasteiger charge is -2.31. The quantitative estimate of drug-likeness (QED) is 0.840. The Labute approximate surface area is 120 Å². The molecule has 1 atom stereocenters. The monoisotopic (exact) mass is 328 g/mol. The van der Waals surface area contributed by atoms with E-state index in [1.165, 1.54) is 6.07 Å². The number of halogens is 3. The summed E-state index contributed by atoms with van der Waals surface area (Å²) in [5.74, 6) is -0.641. The van der Waals surface area contributed by atoms with Crippen LogP contribution >= 0.6 is 23.2 Å². The Balaban J connectivity index is 2.30. The van der Waals surface area contributed by atoms with Crippen molar-refractivity contribution >= 4 is 33.4 Å². The summed E-state index contributed by atoms with van der Waals surface area (Å²) in [6.45, 7) is 0.296. The molecule has 1 aliphatic rings. The Bertz CT molecular complexity index is 597. The minimum atomic E-state index is -3.81. The van der Waals surface area contributed by atoms with Crippen LogP contribution in [0.1, 0.15) is 11.7 Å². The molecule has 106 valence electrons. The van der Waals surface area contributed by atoms with Crippen molar-refractivity contribution in [3.63, 3.8) is 0 Å². The fourth-order valence-electron chi connectivity index (χ4n) is 1.83. The van der Waals surface area contributed by atoms with E-state index in [0.717, 1.165) is 10.4 Å². The topological polar surface area (TPSA) is 72.6 Å². The fourth-order valence-corrected chi connectivity index (χ4v) is 3.01. The largest absolute Gasteiger partial charge is 0.371 e. The molecule has 0 radical (unpaired) electrons. The van der Waals surface area contributed by atoms with Gasteiger partial charge in [-0.2, -0.15) is 12.7 Å². The number of rotatable bonds is 2. The van der Waals surface area contributed by atoms with Crippen LogP contribution in [0.5, 0.6) is 0 Å². The number of hydrogen-bond acceptors (Lipinski definition) is 3. The number of nitrogens with two attached hydrogens (primary N) is 1. The van der Waals surface area contributed by atoms with Gasteiger partial charge in [0.25, 0.3) is 10.2 Å². The second kappa shape index (κ2) is 5.51. The van der Waals surface area contributed by atoms with Crippen LogP contribution in [0.25, 0.3) is 0 Å². The Morgan fingerprint density at radius 2 is 2.05 bits per heavy atom. The summed E-state index contributed by atoms with van der Waals surface area (Å²) >= 11 is 11.6. The molecule has 0 saturated carbocycles. The highest BCUT2D eigenvalue weighted by molar-refractivity contribution is 7.86. The summed E-state index contributed by atoms with van der Waals surface area (Å²) in [4.78, 5) is 0. The molecule has 0 unspecified atom stereocenters. The van der Waals surface area contributed by atoms with Gasteiger partial charge in [0.1, 0.15) is 5.82 Å². The van der Waals surface area contributed by atoms with Crippen molar-refractivity contribution in [1.29, 1.82) is 0 Å². The van der Waals surface area contributed by atoms with Crippen molar-refractivity contribution in [3.8, 4) is 0 Å². The van der Waals surface area contributed by atoms with Crippen molar-refractivity contribution in [2.24, 2.45) is 5.14 Å². The standard InChI is InChI=1S/C10H11Cl2FN2O3S/c11-7-4-8(12)9(13)3-6(7)10-5-15(1-2-18-10)19(14,16)17/h3-4,10H,1-2,5H2,(H2,14,16,17)/t10-/m1/s1. The summed E-state index contributed by atoms with van der Waals surface area (Å²) < 4.78 is 42.5. The zero-order chi connectivity index (χ0) is 14.2. The Morgan fingerprint density at radius 1 is 1.37 bits per heavy atom. The summed E-state index contributed by atoms with van der Waals surface area (Å²) in [7, 11) is -3.81. The molecule has 1 aliphatic heterocycles. The lowest BCUT2D eigenvalue weighted by atomic mass is 10.1. The maximum Gasteiger partial charge on any atom is 0.277 e. The first kappa shape index (κ1) is 15.0. The predicted molar refractivity (Wildman–Crippen MR) is 69.8 cm³/mol. The van der Waals surface area contributed by atoms with E-state index < -0.39 is 22.1 Å². The van der Waals surface area contributed by atoms with E-state index in [0.29, 0.717) is 5.56 Å². The average molecular weight is 329 g/mol. The molecule has 2 N–H and O–H groups in total. The molecule has 2 rings (SSSR count). The number of nitrogens with zero attached hydrogens (tertiary/aromatic N) is 1. The molecule has 0 amide bonds. The first-order valence-corrected chi connectivity index (χ1v) is 7.59. The third-order valence-corrected chi connectivity index (χ3v) is 4.44. The van der Waals surface area contributed by atoms with Crippen LogP contribution in [-0.2, 0) is 14.9 Å². The highest BCUT2D eigenvalue weighted by Crippen LogP contribution is 2.32. The predicted octanol–water partition coefficient (Wildman–Crippen LogP) is 1.71. The van der Waals surface area contributed by atoms with Gasteiger partial charge in [-0.25, -0.2) is 9.53 Å². The molecule has 0 aromatic heterocycles. The summed E-state index contributed by atoms with van der Waals surface area (Å²) in [5.41, 5.74) is 0.344. The van der Waals surface area contributed by atoms with Gasteiger partial charge < -0.3 is 4.74 Å². The van der Waals surface area contributed by atoms with E-state index in [4.69, 9.17) is 33.1 Å². The van der Waals surface area contributed by atoms with E-state index in [1.807, 2.05) is 0 Å². The number of benzene rings is 1. The smallest absolute Gasteiger partial charge is 0.277 e. The first-order valence-electron chi connectivity index (χ1n) is 5.33. The second-order valence-corrected chi connectivity index (χ2v) is 6.41. The molecule has 1 aromatic rings. The molecular weight excluding hydrogens is 318 g/mol. The van der Waals surface area contributed by atoms with Crippen LogP contribution in [0.15, 0.2) is 12.1 Å². The van der Waals surface area contributed by atoms with Gasteiger partial charge >= 0.3 is 0 Å². The maximum atomic E-state index is 13.4. The number of hydrogen-bond donors (Lipinski definition) is 1. The molecule has 1 fully saturated rings. The number of ether oxygens (including phenoxy) is 1. The molecular formula is C10H11Cl2FN2O3S. The third kappa shape index (κ3) is 3.36. The Morgan fingerprint density at radius 3 is 2.68 bits per heavy atom. The third-order valence-electron chi connectivity index (χ3n) is 2.78. The summed E-state index contributed by atoms with van der Waals surface area (Å²) in [5, 5.41) is 5.17. The van der Waals surface area contributed by atoms with Crippen molar-refractivity contribution in [2.45, 2.75) is 6.10 Å². The van der Waals surface area contributed by atoms with E-state index in [2.05, 4.69) is 0 Å². The lowest BCUT2D eigenvalue weighted by Crippen LogP contribution is -2.45. The molecule has 0 aliphatic carbocycles. The minimum absolute atomic E-state index is 0.0143. The van der Waals surface area contributed by atoms with Crippen molar-refractivity contribution in [3.05, 3.63) is 33.6 Å². The molecule has 1 heterocycles. The van der Waals surface area contributed by atoms with Crippen LogP contribution in [0.3, 0.4) is 0 Å². The minimum Gasteiger partial charge on any atom is -0.371 e. The van der Waals surface area contributed by atoms with E-state index in [-0.39, 0.29) is 29.7 Å². The summed E-state index contributed by atoms with van der Waals surface area (Å²) in [6.07, 6.45) is -0.675. The first-order chi connectivity index (χ1) is 8.79. The van der Waals surface area contributed by atoms with E-state index in [1.54, 1.807) is 0 Å². The lowest BCUT2D eigenvalue weighted by molar-refractivity contribution is -0.00263. The van der Waals surface area contributed by atoms with E-state index in [9.17, 15) is 12.8 Å². The van der Waals surface area contributed by atoms with Gasteiger partial charge in [-0.05, 0) is 12.1 Å². The van der Waals surface area contributed by atoms with Crippen LogP contribution in [0.2, 0.25) is 10.0 Å². The van der Waals surface area contributed by atoms with Crippen LogP contribution in [0, 0.1) is 5.82 Å². The van der Waals surface area contributed by atoms with Gasteiger partial charge in [-0.3, -0.25) is 0 Å². The van der Waals surface area contributed by atoms with Crippen molar-refractivity contribution < 1.29 is 17.5 Å². The van der Waals surface area contributed by atoms with Gasteiger partial charge in [0.2, 0.25) is 0 Å². The highest BCUT2D eigenvalue weighted by atomic mass is 35.5. The maximum absolute atomic E-state index is 13.4. The number of morpholine rings is 1. The summed E-state index contributed by atoms with van der Waals surface area (Å²) in [6, 6.07) is 2.40. The molecule has 0 bridgehead atoms. The van der Waals surface area contributed by atoms with Crippen LogP contribution in [-0.4, -0.2) is 32.4 Å². The molecule has 5 nitrogen and oxygen atoms in total. The van der Waals surface area contributed by atoms with Crippen molar-refractivity contribution in [1.82, 2.24) is 4.31 Å². The van der Waals surface area contributed by atoms with Crippen LogP contribution in [0.4, 0.5) is 4.39 Å². The van der Waals surface area contributed by atoms with Gasteiger partial charge in [0.05, 0.1) is 17.7 Å². The second-order valence-electron chi connectivity index (χ2n) is 4.05. The molecule has 9 heteroatoms. The van der Waals surface area contributed by atoms with Gasteiger partial charge in [-0.15, -0.1) is 0 Å². The highest BCUT2D eigenvalue weighted by Gasteiger charge is 2.29. The van der Waals surface area contributed by atoms with Crippen molar-refractivity contribution in [2.75, 3.05) is 19.7 Å². The van der Waals surface area contributed by atoms with Gasteiger partial charge in [0.15, 0.2) is 0 Å². The zero-order valence-electron chi connectivity index (χ0n) is 9.64. The van der Waals surface area contributed by atoms with Gasteiger partial charge in [-0.1, -0.05) is 23.2 Å². The molecule has 1 aromatic carbocycles. The Kier molecular flexibility index (Phi) is 4.34. The van der Waals surface area contributed by atoms with Crippen LogP contribution < -0.4 is 5.14 Å². The van der Waals surface area contributed by atoms with E-state index >= 15 is 0 Å². The zero-order valence-corrected chi connectivity index (χ0v) is 12.0. The molecule has 1 saturated heterocycles. The Hall–Kier alpha value is -0.440. The molecule has 0 spiro atoms. The average Bonchev–Trinajstić information content (AvgIpc) is 2.33.